The first-order valence-corrected chi connectivity index (χ1v) is 11.0. The molecule has 0 aromatic heterocycles. The Bertz CT molecular complexity index is 822. The fraction of sp³-hybridized carbons (Fsp3) is 0.500. The number of hydrogen-bond acceptors (Lipinski definition) is 3. The van der Waals surface area contributed by atoms with Gasteiger partial charge in [-0.15, -0.1) is 0 Å². The normalized spacial score (nSPS) is 21.1. The Labute approximate surface area is 178 Å². The molecule has 156 valence electrons. The van der Waals surface area contributed by atoms with Gasteiger partial charge in [-0.3, -0.25) is 0 Å². The van der Waals surface area contributed by atoms with Crippen molar-refractivity contribution >= 4 is 11.6 Å². The lowest BCUT2D eigenvalue weighted by Crippen LogP contribution is -2.35. The average molecular weight is 417 g/mol. The van der Waals surface area contributed by atoms with E-state index in [1.165, 1.54) is 16.7 Å². The van der Waals surface area contributed by atoms with E-state index in [9.17, 15) is 4.39 Å². The second kappa shape index (κ2) is 9.46. The molecule has 0 aliphatic carbocycles. The second-order valence-electron chi connectivity index (χ2n) is 8.35. The molecular formula is C24H30ClFN2O. The van der Waals surface area contributed by atoms with Crippen LogP contribution in [0.2, 0.25) is 5.02 Å². The maximum absolute atomic E-state index is 13.2. The molecule has 1 fully saturated rings. The third-order valence-electron chi connectivity index (χ3n) is 6.11. The minimum atomic E-state index is -0.606. The Balaban J connectivity index is 1.38. The summed E-state index contributed by atoms with van der Waals surface area (Å²) in [6.07, 6.45) is 1.71. The molecule has 0 amide bonds. The molecule has 2 heterocycles. The zero-order chi connectivity index (χ0) is 20.2. The summed E-state index contributed by atoms with van der Waals surface area (Å²) in [7, 11) is 2.15. The summed E-state index contributed by atoms with van der Waals surface area (Å²) < 4.78 is 19.3. The Morgan fingerprint density at radius 1 is 1.10 bits per heavy atom. The Morgan fingerprint density at radius 2 is 1.90 bits per heavy atom. The molecule has 4 rings (SSSR count). The lowest BCUT2D eigenvalue weighted by atomic mass is 9.84. The van der Waals surface area contributed by atoms with Gasteiger partial charge in [0.2, 0.25) is 0 Å². The highest BCUT2D eigenvalue weighted by atomic mass is 35.5. The van der Waals surface area contributed by atoms with E-state index in [4.69, 9.17) is 16.3 Å². The fourth-order valence-corrected chi connectivity index (χ4v) is 4.81. The first-order chi connectivity index (χ1) is 14.1. The van der Waals surface area contributed by atoms with Crippen molar-refractivity contribution < 1.29 is 9.13 Å². The quantitative estimate of drug-likeness (QED) is 0.608. The molecule has 2 aliphatic rings. The number of benzene rings is 2. The number of alkyl halides is 1. The van der Waals surface area contributed by atoms with E-state index >= 15 is 0 Å². The predicted molar refractivity (Wildman–Crippen MR) is 117 cm³/mol. The zero-order valence-electron chi connectivity index (χ0n) is 17.1. The molecule has 2 aliphatic heterocycles. The molecule has 2 aromatic carbocycles. The topological polar surface area (TPSA) is 15.7 Å². The largest absolute Gasteiger partial charge is 0.494 e. The molecule has 0 spiro atoms. The van der Waals surface area contributed by atoms with Crippen LogP contribution in [0.4, 0.5) is 4.39 Å². The minimum Gasteiger partial charge on any atom is -0.494 e. The summed E-state index contributed by atoms with van der Waals surface area (Å²) in [5.74, 6) is 1.21. The van der Waals surface area contributed by atoms with Crippen molar-refractivity contribution in [3.63, 3.8) is 0 Å². The molecule has 0 saturated carbocycles. The van der Waals surface area contributed by atoms with Crippen molar-refractivity contribution in [1.29, 1.82) is 0 Å². The molecule has 29 heavy (non-hydrogen) atoms. The van der Waals surface area contributed by atoms with Gasteiger partial charge in [0.15, 0.2) is 0 Å². The van der Waals surface area contributed by atoms with Crippen LogP contribution in [0, 0.1) is 0 Å². The van der Waals surface area contributed by atoms with Crippen LogP contribution in [0.3, 0.4) is 0 Å². The van der Waals surface area contributed by atoms with Gasteiger partial charge in [-0.25, -0.2) is 4.39 Å². The number of ether oxygens (including phenoxy) is 1. The molecule has 1 unspecified atom stereocenters. The van der Waals surface area contributed by atoms with Crippen molar-refractivity contribution in [1.82, 2.24) is 9.80 Å². The van der Waals surface area contributed by atoms with Crippen LogP contribution in [0.1, 0.15) is 41.9 Å². The van der Waals surface area contributed by atoms with Crippen molar-refractivity contribution in [3.05, 3.63) is 64.2 Å². The van der Waals surface area contributed by atoms with Gasteiger partial charge < -0.3 is 14.5 Å². The van der Waals surface area contributed by atoms with Gasteiger partial charge in [-0.1, -0.05) is 35.9 Å². The third kappa shape index (κ3) is 5.11. The van der Waals surface area contributed by atoms with Crippen molar-refractivity contribution in [3.8, 4) is 5.75 Å². The van der Waals surface area contributed by atoms with Gasteiger partial charge in [-0.05, 0) is 61.2 Å². The van der Waals surface area contributed by atoms with Gasteiger partial charge >= 0.3 is 0 Å². The summed E-state index contributed by atoms with van der Waals surface area (Å²) in [6, 6.07) is 14.6. The summed E-state index contributed by atoms with van der Waals surface area (Å²) in [6.45, 7) is 5.30. The maximum Gasteiger partial charge on any atom is 0.119 e. The van der Waals surface area contributed by atoms with Gasteiger partial charge in [0.05, 0.1) is 6.61 Å². The fourth-order valence-electron chi connectivity index (χ4n) is 4.54. The smallest absolute Gasteiger partial charge is 0.119 e. The van der Waals surface area contributed by atoms with E-state index in [1.54, 1.807) is 0 Å². The number of rotatable bonds is 6. The summed E-state index contributed by atoms with van der Waals surface area (Å²) in [4.78, 5) is 4.68. The number of halogens is 2. The SMILES string of the molecule is CN1Cc2cc(OCCCN3CCC(F)CC3)ccc2C(c2ccccc2Cl)C1. The standard InChI is InChI=1S/C24H30ClFN2O/c1-27-16-18-15-20(29-14-4-11-28-12-9-19(26)10-13-28)7-8-21(18)23(17-27)22-5-2-3-6-24(22)25/h2-3,5-8,15,19,23H,4,9-14,16-17H2,1H3. The molecule has 3 nitrogen and oxygen atoms in total. The summed E-state index contributed by atoms with van der Waals surface area (Å²) >= 11 is 6.49. The highest BCUT2D eigenvalue weighted by Gasteiger charge is 2.26. The molecule has 1 saturated heterocycles. The van der Waals surface area contributed by atoms with Crippen LogP contribution >= 0.6 is 11.6 Å². The van der Waals surface area contributed by atoms with Crippen molar-refractivity contribution in [2.45, 2.75) is 37.9 Å². The van der Waals surface area contributed by atoms with Crippen LogP contribution in [-0.2, 0) is 6.54 Å². The molecule has 2 aromatic rings. The number of hydrogen-bond donors (Lipinski definition) is 0. The highest BCUT2D eigenvalue weighted by molar-refractivity contribution is 6.31. The van der Waals surface area contributed by atoms with E-state index in [-0.39, 0.29) is 5.92 Å². The van der Waals surface area contributed by atoms with Crippen LogP contribution in [-0.4, -0.2) is 55.8 Å². The molecule has 0 bridgehead atoms. The van der Waals surface area contributed by atoms with Gasteiger partial charge in [-0.2, -0.15) is 0 Å². The van der Waals surface area contributed by atoms with Crippen LogP contribution in [0.15, 0.2) is 42.5 Å². The molecule has 0 N–H and O–H groups in total. The number of fused-ring (bicyclic) bond motifs is 1. The molecule has 0 radical (unpaired) electrons. The monoisotopic (exact) mass is 416 g/mol. The van der Waals surface area contributed by atoms with Crippen LogP contribution in [0.25, 0.3) is 0 Å². The summed E-state index contributed by atoms with van der Waals surface area (Å²) in [5.41, 5.74) is 3.84. The van der Waals surface area contributed by atoms with Crippen LogP contribution in [0.5, 0.6) is 5.75 Å². The number of likely N-dealkylation sites (tertiary alicyclic amines) is 1. The van der Waals surface area contributed by atoms with Gasteiger partial charge in [0.25, 0.3) is 0 Å². The third-order valence-corrected chi connectivity index (χ3v) is 6.45. The van der Waals surface area contributed by atoms with Crippen LogP contribution < -0.4 is 4.74 Å². The van der Waals surface area contributed by atoms with Crippen molar-refractivity contribution in [2.24, 2.45) is 0 Å². The predicted octanol–water partition coefficient (Wildman–Crippen LogP) is 5.12. The van der Waals surface area contributed by atoms with E-state index in [0.717, 1.165) is 49.9 Å². The first kappa shape index (κ1) is 20.6. The highest BCUT2D eigenvalue weighted by Crippen LogP contribution is 2.37. The average Bonchev–Trinajstić information content (AvgIpc) is 2.72. The van der Waals surface area contributed by atoms with Gasteiger partial charge in [0.1, 0.15) is 11.9 Å². The molecular weight excluding hydrogens is 387 g/mol. The maximum atomic E-state index is 13.2. The van der Waals surface area contributed by atoms with E-state index in [2.05, 4.69) is 47.2 Å². The Morgan fingerprint density at radius 3 is 2.69 bits per heavy atom. The minimum absolute atomic E-state index is 0.282. The lowest BCUT2D eigenvalue weighted by molar-refractivity contribution is 0.143. The lowest BCUT2D eigenvalue weighted by Gasteiger charge is -2.33. The Kier molecular flexibility index (Phi) is 6.74. The molecule has 5 heteroatoms. The first-order valence-electron chi connectivity index (χ1n) is 10.6. The number of likely N-dealkylation sites (N-methyl/N-ethyl adjacent to an activating group) is 1. The Hall–Kier alpha value is -1.62. The second-order valence-corrected chi connectivity index (χ2v) is 8.76. The zero-order valence-corrected chi connectivity index (χ0v) is 17.9. The molecule has 1 atom stereocenters. The van der Waals surface area contributed by atoms with E-state index < -0.39 is 6.17 Å². The van der Waals surface area contributed by atoms with E-state index in [0.29, 0.717) is 19.4 Å². The summed E-state index contributed by atoms with van der Waals surface area (Å²) in [5, 5.41) is 0.830. The van der Waals surface area contributed by atoms with Gasteiger partial charge in [0, 0.05) is 43.7 Å². The van der Waals surface area contributed by atoms with Crippen molar-refractivity contribution in [2.75, 3.05) is 39.8 Å². The number of nitrogens with zero attached hydrogens (tertiary/aromatic N) is 2. The number of piperidine rings is 1. The van der Waals surface area contributed by atoms with E-state index in [1.807, 2.05) is 12.1 Å².